The van der Waals surface area contributed by atoms with Gasteiger partial charge in [0, 0.05) is 24.4 Å². The average molecular weight is 483 g/mol. The fourth-order valence-corrected chi connectivity index (χ4v) is 3.10. The van der Waals surface area contributed by atoms with Gasteiger partial charge >= 0.3 is 12.0 Å². The maximum Gasteiger partial charge on any atom is 0.336 e. The van der Waals surface area contributed by atoms with Crippen LogP contribution in [-0.4, -0.2) is 41.1 Å². The summed E-state index contributed by atoms with van der Waals surface area (Å²) in [5, 5.41) is 9.26. The molecule has 0 aliphatic carbocycles. The second kappa shape index (κ2) is 10.7. The van der Waals surface area contributed by atoms with Crippen molar-refractivity contribution in [2.24, 2.45) is 0 Å². The number of methoxy groups -OCH3 is 1. The Bertz CT molecular complexity index is 1310. The number of carbonyl (C=O) groups excluding carboxylic acids is 1. The molecular weight excluding hydrogens is 463 g/mol. The zero-order valence-corrected chi connectivity index (χ0v) is 18.5. The second-order valence-corrected chi connectivity index (χ2v) is 7.23. The summed E-state index contributed by atoms with van der Waals surface area (Å²) in [6, 6.07) is 14.6. The summed E-state index contributed by atoms with van der Waals surface area (Å²) in [5.74, 6) is -1.60. The summed E-state index contributed by atoms with van der Waals surface area (Å²) >= 11 is 0. The van der Waals surface area contributed by atoms with E-state index in [1.807, 2.05) is 0 Å². The van der Waals surface area contributed by atoms with E-state index in [0.717, 1.165) is 12.1 Å². The minimum absolute atomic E-state index is 0.115. The molecule has 0 aliphatic rings. The van der Waals surface area contributed by atoms with Crippen LogP contribution in [0.5, 0.6) is 6.01 Å². The number of anilines is 2. The topological polar surface area (TPSA) is 90.3 Å². The fraction of sp³-hybridized carbons (Fsp3) is 0.125. The predicted octanol–water partition coefficient (Wildman–Crippen LogP) is 5.02. The first kappa shape index (κ1) is 23.8. The van der Waals surface area contributed by atoms with Gasteiger partial charge in [0.05, 0.1) is 18.0 Å². The van der Waals surface area contributed by atoms with Crippen molar-refractivity contribution in [3.8, 4) is 23.1 Å². The van der Waals surface area contributed by atoms with E-state index in [-0.39, 0.29) is 24.1 Å². The van der Waals surface area contributed by atoms with E-state index >= 15 is 0 Å². The minimum Gasteiger partial charge on any atom is -0.460 e. The highest BCUT2D eigenvalue weighted by Crippen LogP contribution is 2.25. The lowest BCUT2D eigenvalue weighted by molar-refractivity contribution is 0.141. The van der Waals surface area contributed by atoms with Crippen molar-refractivity contribution in [2.45, 2.75) is 0 Å². The molecule has 2 amide bonds. The molecule has 8 nitrogen and oxygen atoms in total. The summed E-state index contributed by atoms with van der Waals surface area (Å²) in [4.78, 5) is 16.6. The Morgan fingerprint density at radius 2 is 1.63 bits per heavy atom. The van der Waals surface area contributed by atoms with Crippen LogP contribution in [0.25, 0.3) is 17.1 Å². The van der Waals surface area contributed by atoms with E-state index in [4.69, 9.17) is 9.47 Å². The van der Waals surface area contributed by atoms with Crippen molar-refractivity contribution in [1.29, 1.82) is 0 Å². The van der Waals surface area contributed by atoms with E-state index in [1.54, 1.807) is 43.5 Å². The molecule has 180 valence electrons. The number of aromatic nitrogens is 3. The van der Waals surface area contributed by atoms with Crippen LogP contribution in [0, 0.1) is 17.5 Å². The van der Waals surface area contributed by atoms with Gasteiger partial charge in [-0.25, -0.2) is 22.6 Å². The molecule has 1 aromatic heterocycles. The lowest BCUT2D eigenvalue weighted by Crippen LogP contribution is -2.20. The molecule has 0 bridgehead atoms. The maximum absolute atomic E-state index is 13.8. The first-order chi connectivity index (χ1) is 16.9. The van der Waals surface area contributed by atoms with Gasteiger partial charge in [-0.2, -0.15) is 4.98 Å². The monoisotopic (exact) mass is 483 g/mol. The Balaban J connectivity index is 1.53. The van der Waals surface area contributed by atoms with Gasteiger partial charge in [0.25, 0.3) is 0 Å². The summed E-state index contributed by atoms with van der Waals surface area (Å²) in [6.45, 7) is 0.598. The third-order valence-electron chi connectivity index (χ3n) is 4.76. The maximum atomic E-state index is 13.8. The van der Waals surface area contributed by atoms with Gasteiger partial charge in [0.15, 0.2) is 5.82 Å². The summed E-state index contributed by atoms with van der Waals surface area (Å²) in [7, 11) is 1.55. The highest BCUT2D eigenvalue weighted by Gasteiger charge is 2.15. The molecule has 0 radical (unpaired) electrons. The first-order valence-electron chi connectivity index (χ1n) is 10.4. The predicted molar refractivity (Wildman–Crippen MR) is 123 cm³/mol. The number of hydrogen-bond acceptors (Lipinski definition) is 5. The Morgan fingerprint density at radius 3 is 2.31 bits per heavy atom. The van der Waals surface area contributed by atoms with Crippen LogP contribution in [0.1, 0.15) is 0 Å². The Morgan fingerprint density at radius 1 is 0.914 bits per heavy atom. The molecule has 0 unspecified atom stereocenters. The van der Waals surface area contributed by atoms with Crippen LogP contribution < -0.4 is 15.4 Å². The molecule has 0 saturated carbocycles. The molecule has 4 aromatic rings. The third kappa shape index (κ3) is 5.95. The number of urea groups is 1. The summed E-state index contributed by atoms with van der Waals surface area (Å²) in [5.41, 5.74) is 1.46. The molecular formula is C24H20F3N5O3. The van der Waals surface area contributed by atoms with Gasteiger partial charge in [-0.05, 0) is 60.7 Å². The van der Waals surface area contributed by atoms with Crippen molar-refractivity contribution in [3.63, 3.8) is 0 Å². The Labute approximate surface area is 198 Å². The van der Waals surface area contributed by atoms with E-state index in [9.17, 15) is 18.0 Å². The second-order valence-electron chi connectivity index (χ2n) is 7.23. The number of carbonyl (C=O) groups is 1. The Hall–Kier alpha value is -4.38. The number of nitrogens with zero attached hydrogens (tertiary/aromatic N) is 3. The van der Waals surface area contributed by atoms with Crippen molar-refractivity contribution < 1.29 is 27.4 Å². The van der Waals surface area contributed by atoms with Crippen LogP contribution in [0.2, 0.25) is 0 Å². The summed E-state index contributed by atoms with van der Waals surface area (Å²) < 4.78 is 52.2. The first-order valence-corrected chi connectivity index (χ1v) is 10.4. The number of rotatable bonds is 8. The SMILES string of the molecule is COCCOc1nc(-c2ccc(F)cc2)n(-c2ccc(NC(=O)Nc3ccc(F)cc3F)cc2)n1. The largest absolute Gasteiger partial charge is 0.460 e. The normalized spacial score (nSPS) is 10.7. The molecule has 3 aromatic carbocycles. The molecule has 0 fully saturated rings. The van der Waals surface area contributed by atoms with Crippen molar-refractivity contribution in [1.82, 2.24) is 14.8 Å². The fourth-order valence-electron chi connectivity index (χ4n) is 3.10. The highest BCUT2D eigenvalue weighted by molar-refractivity contribution is 5.99. The summed E-state index contributed by atoms with van der Waals surface area (Å²) in [6.07, 6.45) is 0. The standard InChI is InChI=1S/C24H20F3N5O3/c1-34-12-13-35-24-30-22(15-2-4-16(25)5-3-15)32(31-24)19-9-7-18(8-10-19)28-23(33)29-21-11-6-17(26)14-20(21)27/h2-11,14H,12-13H2,1H3,(H2,28,29,33). The van der Waals surface area contributed by atoms with Crippen LogP contribution in [0.3, 0.4) is 0 Å². The molecule has 0 atom stereocenters. The number of nitrogens with one attached hydrogen (secondary N) is 2. The molecule has 4 rings (SSSR count). The van der Waals surface area contributed by atoms with Crippen LogP contribution in [-0.2, 0) is 4.74 Å². The molecule has 11 heteroatoms. The zero-order chi connectivity index (χ0) is 24.8. The van der Waals surface area contributed by atoms with Crippen LogP contribution >= 0.6 is 0 Å². The lowest BCUT2D eigenvalue weighted by atomic mass is 10.2. The van der Waals surface area contributed by atoms with E-state index in [1.165, 1.54) is 16.8 Å². The number of ether oxygens (including phenoxy) is 2. The van der Waals surface area contributed by atoms with Crippen LogP contribution in [0.4, 0.5) is 29.3 Å². The van der Waals surface area contributed by atoms with Gasteiger partial charge in [0.1, 0.15) is 24.1 Å². The minimum atomic E-state index is -0.890. The van der Waals surface area contributed by atoms with Gasteiger partial charge in [-0.15, -0.1) is 5.10 Å². The van der Waals surface area contributed by atoms with Gasteiger partial charge < -0.3 is 20.1 Å². The molecule has 0 spiro atoms. The molecule has 0 saturated heterocycles. The number of amides is 2. The smallest absolute Gasteiger partial charge is 0.336 e. The Kier molecular flexibility index (Phi) is 7.27. The van der Waals surface area contributed by atoms with Gasteiger partial charge in [-0.1, -0.05) is 0 Å². The molecule has 35 heavy (non-hydrogen) atoms. The van der Waals surface area contributed by atoms with Gasteiger partial charge in [0.2, 0.25) is 0 Å². The van der Waals surface area contributed by atoms with Gasteiger partial charge in [-0.3, -0.25) is 0 Å². The third-order valence-corrected chi connectivity index (χ3v) is 4.76. The molecule has 2 N–H and O–H groups in total. The molecule has 0 aliphatic heterocycles. The van der Waals surface area contributed by atoms with E-state index in [0.29, 0.717) is 35.4 Å². The lowest BCUT2D eigenvalue weighted by Gasteiger charge is -2.10. The van der Waals surface area contributed by atoms with Crippen LogP contribution in [0.15, 0.2) is 66.7 Å². The zero-order valence-electron chi connectivity index (χ0n) is 18.5. The number of benzene rings is 3. The van der Waals surface area contributed by atoms with E-state index < -0.39 is 17.7 Å². The number of hydrogen-bond donors (Lipinski definition) is 2. The van der Waals surface area contributed by atoms with E-state index in [2.05, 4.69) is 20.7 Å². The molecule has 1 heterocycles. The van der Waals surface area contributed by atoms with Crippen molar-refractivity contribution in [3.05, 3.63) is 84.2 Å². The number of halogens is 3. The quantitative estimate of drug-likeness (QED) is 0.344. The van der Waals surface area contributed by atoms with Crippen molar-refractivity contribution >= 4 is 17.4 Å². The average Bonchev–Trinajstić information content (AvgIpc) is 3.26. The highest BCUT2D eigenvalue weighted by atomic mass is 19.1. The van der Waals surface area contributed by atoms with Crippen molar-refractivity contribution in [2.75, 3.05) is 31.0 Å².